The van der Waals surface area contributed by atoms with Crippen molar-refractivity contribution >= 4 is 0 Å². The van der Waals surface area contributed by atoms with Crippen LogP contribution in [-0.4, -0.2) is 27.8 Å². The van der Waals surface area contributed by atoms with Crippen LogP contribution in [0, 0.1) is 16.7 Å². The number of likely N-dealkylation sites (tertiary alicyclic amines) is 1. The molecule has 1 aromatic rings. The summed E-state index contributed by atoms with van der Waals surface area (Å²) in [5.41, 5.74) is 1.07. The Balaban J connectivity index is 1.54. The van der Waals surface area contributed by atoms with Gasteiger partial charge < -0.3 is 0 Å². The fraction of sp³-hybridized carbons (Fsp3) is 0.765. The lowest BCUT2D eigenvalue weighted by atomic mass is 9.82. The van der Waals surface area contributed by atoms with Gasteiger partial charge in [0.2, 0.25) is 0 Å². The molecule has 2 fully saturated rings. The van der Waals surface area contributed by atoms with Gasteiger partial charge in [-0.05, 0) is 38.7 Å². The Morgan fingerprint density at radius 3 is 2.67 bits per heavy atom. The molecule has 0 radical (unpaired) electrons. The molecule has 3 rings (SSSR count). The highest BCUT2D eigenvalue weighted by Crippen LogP contribution is 2.31. The molecule has 0 aromatic carbocycles. The molecule has 0 atom stereocenters. The van der Waals surface area contributed by atoms with Crippen LogP contribution in [-0.2, 0) is 6.54 Å². The lowest BCUT2D eigenvalue weighted by Gasteiger charge is -2.34. The van der Waals surface area contributed by atoms with E-state index in [-0.39, 0.29) is 5.41 Å². The van der Waals surface area contributed by atoms with E-state index in [1.807, 2.05) is 0 Å². The molecular weight excluding hydrogens is 260 g/mol. The van der Waals surface area contributed by atoms with Crippen molar-refractivity contribution in [2.24, 2.45) is 5.41 Å². The van der Waals surface area contributed by atoms with Crippen molar-refractivity contribution in [2.75, 3.05) is 13.1 Å². The lowest BCUT2D eigenvalue weighted by Crippen LogP contribution is -2.37. The van der Waals surface area contributed by atoms with Crippen LogP contribution >= 0.6 is 0 Å². The van der Waals surface area contributed by atoms with Crippen molar-refractivity contribution in [1.29, 1.82) is 5.26 Å². The minimum Gasteiger partial charge on any atom is -0.297 e. The number of nitrogens with zero attached hydrogens (tertiary/aromatic N) is 4. The summed E-state index contributed by atoms with van der Waals surface area (Å²) in [5.74, 6) is 0. The molecule has 0 bridgehead atoms. The standard InChI is InChI=1S/C17H26N4/c1-17(14-18)8-11-20(12-9-17)13-15-7-10-21(19-15)16-5-3-2-4-6-16/h7,10,16H,2-6,8-9,11-13H2,1H3. The van der Waals surface area contributed by atoms with Crippen LogP contribution in [0.2, 0.25) is 0 Å². The molecule has 21 heavy (non-hydrogen) atoms. The second-order valence-corrected chi connectivity index (χ2v) is 7.03. The van der Waals surface area contributed by atoms with Crippen LogP contribution in [0.25, 0.3) is 0 Å². The lowest BCUT2D eigenvalue weighted by molar-refractivity contribution is 0.148. The average Bonchev–Trinajstić information content (AvgIpc) is 2.99. The van der Waals surface area contributed by atoms with E-state index in [0.29, 0.717) is 6.04 Å². The minimum absolute atomic E-state index is 0.113. The second-order valence-electron chi connectivity index (χ2n) is 7.03. The fourth-order valence-corrected chi connectivity index (χ4v) is 3.56. The van der Waals surface area contributed by atoms with Crippen molar-refractivity contribution in [3.8, 4) is 6.07 Å². The van der Waals surface area contributed by atoms with Crippen LogP contribution in [0.3, 0.4) is 0 Å². The van der Waals surface area contributed by atoms with Crippen molar-refractivity contribution < 1.29 is 0 Å². The first-order chi connectivity index (χ1) is 10.2. The fourth-order valence-electron chi connectivity index (χ4n) is 3.56. The first kappa shape index (κ1) is 14.6. The van der Waals surface area contributed by atoms with Gasteiger partial charge in [-0.25, -0.2) is 0 Å². The molecule has 0 unspecified atom stereocenters. The first-order valence-electron chi connectivity index (χ1n) is 8.36. The smallest absolute Gasteiger partial charge is 0.0764 e. The molecule has 0 N–H and O–H groups in total. The zero-order valence-corrected chi connectivity index (χ0v) is 13.1. The van der Waals surface area contributed by atoms with E-state index in [1.54, 1.807) is 0 Å². The van der Waals surface area contributed by atoms with E-state index in [1.165, 1.54) is 37.8 Å². The minimum atomic E-state index is -0.113. The first-order valence-corrected chi connectivity index (χ1v) is 8.36. The van der Waals surface area contributed by atoms with Gasteiger partial charge in [0.1, 0.15) is 0 Å². The molecular formula is C17H26N4. The summed E-state index contributed by atoms with van der Waals surface area (Å²) < 4.78 is 2.19. The molecule has 0 amide bonds. The Kier molecular flexibility index (Phi) is 4.30. The van der Waals surface area contributed by atoms with Crippen LogP contribution in [0.15, 0.2) is 12.3 Å². The second kappa shape index (κ2) is 6.19. The third-order valence-corrected chi connectivity index (χ3v) is 5.23. The van der Waals surface area contributed by atoms with Gasteiger partial charge in [-0.3, -0.25) is 9.58 Å². The maximum atomic E-state index is 9.19. The van der Waals surface area contributed by atoms with Crippen LogP contribution in [0.4, 0.5) is 0 Å². The van der Waals surface area contributed by atoms with Crippen molar-refractivity contribution in [2.45, 2.75) is 64.5 Å². The Bertz CT molecular complexity index is 499. The molecule has 1 aromatic heterocycles. The largest absolute Gasteiger partial charge is 0.297 e. The number of rotatable bonds is 3. The van der Waals surface area contributed by atoms with E-state index in [4.69, 9.17) is 5.10 Å². The normalized spacial score (nSPS) is 23.8. The van der Waals surface area contributed by atoms with Gasteiger partial charge in [0.05, 0.1) is 23.2 Å². The maximum Gasteiger partial charge on any atom is 0.0764 e. The molecule has 1 saturated heterocycles. The Labute approximate surface area is 127 Å². The van der Waals surface area contributed by atoms with E-state index in [9.17, 15) is 5.26 Å². The van der Waals surface area contributed by atoms with Crippen LogP contribution in [0.1, 0.15) is 63.6 Å². The SMILES string of the molecule is CC1(C#N)CCN(Cc2ccn(C3CCCCC3)n2)CC1. The van der Waals surface area contributed by atoms with E-state index < -0.39 is 0 Å². The monoisotopic (exact) mass is 286 g/mol. The van der Waals surface area contributed by atoms with E-state index in [0.717, 1.165) is 32.5 Å². The summed E-state index contributed by atoms with van der Waals surface area (Å²) in [4.78, 5) is 2.44. The highest BCUT2D eigenvalue weighted by Gasteiger charge is 2.30. The summed E-state index contributed by atoms with van der Waals surface area (Å²) in [6.07, 6.45) is 10.8. The molecule has 1 saturated carbocycles. The van der Waals surface area contributed by atoms with Crippen molar-refractivity contribution in [3.63, 3.8) is 0 Å². The van der Waals surface area contributed by atoms with Gasteiger partial charge in [-0.15, -0.1) is 0 Å². The number of nitriles is 1. The van der Waals surface area contributed by atoms with Gasteiger partial charge in [0, 0.05) is 25.8 Å². The Morgan fingerprint density at radius 2 is 2.00 bits per heavy atom. The number of aromatic nitrogens is 2. The predicted molar refractivity (Wildman–Crippen MR) is 82.6 cm³/mol. The van der Waals surface area contributed by atoms with Gasteiger partial charge in [-0.2, -0.15) is 10.4 Å². The zero-order chi connectivity index (χ0) is 14.7. The highest BCUT2D eigenvalue weighted by atomic mass is 15.3. The molecule has 0 spiro atoms. The third-order valence-electron chi connectivity index (χ3n) is 5.23. The third kappa shape index (κ3) is 3.47. The Hall–Kier alpha value is -1.34. The quantitative estimate of drug-likeness (QED) is 0.854. The molecule has 1 aliphatic carbocycles. The average molecular weight is 286 g/mol. The van der Waals surface area contributed by atoms with E-state index in [2.05, 4.69) is 34.8 Å². The molecule has 4 heteroatoms. The van der Waals surface area contributed by atoms with Crippen molar-refractivity contribution in [1.82, 2.24) is 14.7 Å². The molecule has 2 aliphatic rings. The highest BCUT2D eigenvalue weighted by molar-refractivity contribution is 5.03. The van der Waals surface area contributed by atoms with E-state index >= 15 is 0 Å². The van der Waals surface area contributed by atoms with Crippen molar-refractivity contribution in [3.05, 3.63) is 18.0 Å². The molecule has 2 heterocycles. The molecule has 1 aliphatic heterocycles. The maximum absolute atomic E-state index is 9.19. The number of hydrogen-bond acceptors (Lipinski definition) is 3. The van der Waals surface area contributed by atoms with Crippen LogP contribution < -0.4 is 0 Å². The molecule has 114 valence electrons. The summed E-state index contributed by atoms with van der Waals surface area (Å²) in [6.45, 7) is 5.05. The number of piperidine rings is 1. The summed E-state index contributed by atoms with van der Waals surface area (Å²) in [6, 6.07) is 5.26. The molecule has 4 nitrogen and oxygen atoms in total. The van der Waals surface area contributed by atoms with Gasteiger partial charge in [-0.1, -0.05) is 19.3 Å². The van der Waals surface area contributed by atoms with Gasteiger partial charge in [0.15, 0.2) is 0 Å². The summed E-state index contributed by atoms with van der Waals surface area (Å²) in [7, 11) is 0. The number of hydrogen-bond donors (Lipinski definition) is 0. The summed E-state index contributed by atoms with van der Waals surface area (Å²) >= 11 is 0. The Morgan fingerprint density at radius 1 is 1.29 bits per heavy atom. The topological polar surface area (TPSA) is 44.9 Å². The van der Waals surface area contributed by atoms with Gasteiger partial charge >= 0.3 is 0 Å². The van der Waals surface area contributed by atoms with Gasteiger partial charge in [0.25, 0.3) is 0 Å². The predicted octanol–water partition coefficient (Wildman–Crippen LogP) is 3.51. The zero-order valence-electron chi connectivity index (χ0n) is 13.1. The summed E-state index contributed by atoms with van der Waals surface area (Å²) in [5, 5.41) is 14.0. The van der Waals surface area contributed by atoms with Crippen LogP contribution in [0.5, 0.6) is 0 Å².